The predicted octanol–water partition coefficient (Wildman–Crippen LogP) is 2.94. The van der Waals surface area contributed by atoms with E-state index in [9.17, 15) is 32.7 Å². The molecule has 1 aliphatic heterocycles. The number of rotatable bonds is 4. The maximum Gasteiger partial charge on any atom is 0.416 e. The Bertz CT molecular complexity index is 1000. The summed E-state index contributed by atoms with van der Waals surface area (Å²) in [7, 11) is 0. The molecule has 0 unspecified atom stereocenters. The number of imide groups is 1. The van der Waals surface area contributed by atoms with E-state index in [1.165, 1.54) is 36.4 Å². The van der Waals surface area contributed by atoms with E-state index in [0.717, 1.165) is 18.2 Å². The van der Waals surface area contributed by atoms with Crippen molar-refractivity contribution in [1.82, 2.24) is 10.2 Å². The number of phenolic OH excluding ortho intramolecular Hbond substituents is 1. The summed E-state index contributed by atoms with van der Waals surface area (Å²) in [6.45, 7) is -0.673. The Balaban J connectivity index is 1.68. The van der Waals surface area contributed by atoms with Crippen LogP contribution in [0.1, 0.15) is 11.1 Å². The van der Waals surface area contributed by atoms with Crippen LogP contribution in [0.5, 0.6) is 5.75 Å². The van der Waals surface area contributed by atoms with Crippen molar-refractivity contribution < 1.29 is 32.7 Å². The lowest BCUT2D eigenvalue weighted by molar-refractivity contribution is -0.137. The fourth-order valence-corrected chi connectivity index (χ4v) is 2.57. The minimum atomic E-state index is -4.57. The molecule has 0 radical (unpaired) electrons. The molecule has 1 fully saturated rings. The molecule has 2 aromatic rings. The van der Waals surface area contributed by atoms with Crippen LogP contribution in [0.3, 0.4) is 0 Å². The Morgan fingerprint density at radius 2 is 1.83 bits per heavy atom. The van der Waals surface area contributed by atoms with Crippen LogP contribution in [-0.2, 0) is 15.8 Å². The zero-order chi connectivity index (χ0) is 21.2. The molecule has 0 spiro atoms. The summed E-state index contributed by atoms with van der Waals surface area (Å²) in [5, 5.41) is 13.8. The van der Waals surface area contributed by atoms with Gasteiger partial charge in [0.05, 0.1) is 5.56 Å². The summed E-state index contributed by atoms with van der Waals surface area (Å²) in [4.78, 5) is 37.1. The molecule has 7 nitrogen and oxygen atoms in total. The zero-order valence-corrected chi connectivity index (χ0v) is 14.7. The second-order valence-corrected chi connectivity index (χ2v) is 6.10. The number of nitrogens with one attached hydrogen (secondary N) is 2. The third-order valence-electron chi connectivity index (χ3n) is 3.94. The van der Waals surface area contributed by atoms with Gasteiger partial charge in [0.1, 0.15) is 18.0 Å². The Morgan fingerprint density at radius 3 is 2.48 bits per heavy atom. The molecule has 0 atom stereocenters. The average molecular weight is 405 g/mol. The number of alkyl halides is 3. The number of carbonyl (C=O) groups excluding carboxylic acids is 3. The summed E-state index contributed by atoms with van der Waals surface area (Å²) in [5.74, 6) is -1.57. The van der Waals surface area contributed by atoms with Gasteiger partial charge in [-0.05, 0) is 42.0 Å². The second kappa shape index (κ2) is 7.66. The first-order valence-electron chi connectivity index (χ1n) is 8.24. The monoisotopic (exact) mass is 405 g/mol. The molecule has 4 amide bonds. The lowest BCUT2D eigenvalue weighted by atomic mass is 10.2. The average Bonchev–Trinajstić information content (AvgIpc) is 2.90. The van der Waals surface area contributed by atoms with Crippen molar-refractivity contribution >= 4 is 29.6 Å². The van der Waals surface area contributed by atoms with Gasteiger partial charge >= 0.3 is 12.2 Å². The molecule has 10 heteroatoms. The standard InChI is InChI=1S/C19H14F3N3O4/c20-19(21,22)12-2-1-3-13(9-12)23-16(27)10-25-17(28)15(24-18(25)29)8-11-4-6-14(26)7-5-11/h1-9,26H,10H2,(H,23,27)(H,24,29)/b15-8-. The maximum atomic E-state index is 12.7. The summed E-state index contributed by atoms with van der Waals surface area (Å²) in [5.41, 5.74) is -0.601. The first-order chi connectivity index (χ1) is 13.6. The molecular weight excluding hydrogens is 391 g/mol. The summed E-state index contributed by atoms with van der Waals surface area (Å²) in [6.07, 6.45) is -3.20. The van der Waals surface area contributed by atoms with E-state index >= 15 is 0 Å². The van der Waals surface area contributed by atoms with Crippen LogP contribution in [0.25, 0.3) is 6.08 Å². The van der Waals surface area contributed by atoms with Crippen LogP contribution >= 0.6 is 0 Å². The highest BCUT2D eigenvalue weighted by Crippen LogP contribution is 2.30. The molecule has 0 bridgehead atoms. The summed E-state index contributed by atoms with van der Waals surface area (Å²) < 4.78 is 38.2. The van der Waals surface area contributed by atoms with E-state index in [2.05, 4.69) is 10.6 Å². The van der Waals surface area contributed by atoms with Gasteiger partial charge in [-0.3, -0.25) is 9.59 Å². The van der Waals surface area contributed by atoms with Gasteiger partial charge in [-0.15, -0.1) is 0 Å². The molecule has 1 heterocycles. The van der Waals surface area contributed by atoms with Crippen molar-refractivity contribution in [1.29, 1.82) is 0 Å². The smallest absolute Gasteiger partial charge is 0.416 e. The molecule has 0 saturated carbocycles. The van der Waals surface area contributed by atoms with Crippen LogP contribution in [0, 0.1) is 0 Å². The lowest BCUT2D eigenvalue weighted by Crippen LogP contribution is -2.38. The molecule has 3 N–H and O–H groups in total. The number of anilines is 1. The molecule has 29 heavy (non-hydrogen) atoms. The van der Waals surface area contributed by atoms with Crippen LogP contribution in [0.4, 0.5) is 23.7 Å². The third-order valence-corrected chi connectivity index (χ3v) is 3.94. The number of hydrogen-bond acceptors (Lipinski definition) is 4. The van der Waals surface area contributed by atoms with E-state index in [1.54, 1.807) is 0 Å². The SMILES string of the molecule is O=C(CN1C(=O)N/C(=C\c2ccc(O)cc2)C1=O)Nc1cccc(C(F)(F)F)c1. The molecule has 150 valence electrons. The second-order valence-electron chi connectivity index (χ2n) is 6.10. The van der Waals surface area contributed by atoms with Crippen molar-refractivity contribution in [2.45, 2.75) is 6.18 Å². The summed E-state index contributed by atoms with van der Waals surface area (Å²) in [6, 6.07) is 8.99. The predicted molar refractivity (Wildman–Crippen MR) is 96.4 cm³/mol. The lowest BCUT2D eigenvalue weighted by Gasteiger charge is -2.13. The number of urea groups is 1. The Hall–Kier alpha value is -3.82. The fraction of sp³-hybridized carbons (Fsp3) is 0.105. The molecule has 0 aromatic heterocycles. The van der Waals surface area contributed by atoms with Crippen molar-refractivity contribution in [3.63, 3.8) is 0 Å². The number of phenols is 1. The Morgan fingerprint density at radius 1 is 1.14 bits per heavy atom. The highest BCUT2D eigenvalue weighted by atomic mass is 19.4. The van der Waals surface area contributed by atoms with E-state index in [0.29, 0.717) is 10.5 Å². The molecule has 3 rings (SSSR count). The van der Waals surface area contributed by atoms with Crippen LogP contribution in [0.15, 0.2) is 54.2 Å². The highest BCUT2D eigenvalue weighted by Gasteiger charge is 2.35. The first kappa shape index (κ1) is 19.9. The quantitative estimate of drug-likeness (QED) is 0.538. The molecule has 1 saturated heterocycles. The van der Waals surface area contributed by atoms with Gasteiger partial charge < -0.3 is 15.7 Å². The van der Waals surface area contributed by atoms with Gasteiger partial charge in [0.2, 0.25) is 5.91 Å². The number of benzene rings is 2. The van der Waals surface area contributed by atoms with E-state index in [1.807, 2.05) is 0 Å². The minimum absolute atomic E-state index is 0.0295. The topological polar surface area (TPSA) is 98.7 Å². The van der Waals surface area contributed by atoms with Gasteiger partial charge in [0.15, 0.2) is 0 Å². The number of aromatic hydroxyl groups is 1. The van der Waals surface area contributed by atoms with Crippen LogP contribution in [0.2, 0.25) is 0 Å². The minimum Gasteiger partial charge on any atom is -0.508 e. The van der Waals surface area contributed by atoms with Crippen molar-refractivity contribution in [3.8, 4) is 5.75 Å². The normalized spacial score (nSPS) is 15.6. The van der Waals surface area contributed by atoms with Crippen molar-refractivity contribution in [2.24, 2.45) is 0 Å². The van der Waals surface area contributed by atoms with Gasteiger partial charge in [0.25, 0.3) is 5.91 Å². The zero-order valence-electron chi connectivity index (χ0n) is 14.7. The third kappa shape index (κ3) is 4.72. The molecular formula is C19H14F3N3O4. The number of halogens is 3. The van der Waals surface area contributed by atoms with Crippen molar-refractivity contribution in [2.75, 3.05) is 11.9 Å². The van der Waals surface area contributed by atoms with Crippen LogP contribution in [-0.4, -0.2) is 34.4 Å². The van der Waals surface area contributed by atoms with E-state index in [4.69, 9.17) is 0 Å². The Labute approximate surface area is 162 Å². The number of hydrogen-bond donors (Lipinski definition) is 3. The van der Waals surface area contributed by atoms with Gasteiger partial charge in [-0.25, -0.2) is 9.69 Å². The highest BCUT2D eigenvalue weighted by molar-refractivity contribution is 6.15. The number of amides is 4. The van der Waals surface area contributed by atoms with Gasteiger partial charge in [-0.1, -0.05) is 18.2 Å². The van der Waals surface area contributed by atoms with Crippen LogP contribution < -0.4 is 10.6 Å². The van der Waals surface area contributed by atoms with Crippen molar-refractivity contribution in [3.05, 3.63) is 65.4 Å². The van der Waals surface area contributed by atoms with E-state index < -0.39 is 36.1 Å². The Kier molecular flexibility index (Phi) is 5.26. The number of nitrogens with zero attached hydrogens (tertiary/aromatic N) is 1. The van der Waals surface area contributed by atoms with Gasteiger partial charge in [-0.2, -0.15) is 13.2 Å². The van der Waals surface area contributed by atoms with Gasteiger partial charge in [0, 0.05) is 5.69 Å². The first-order valence-corrected chi connectivity index (χ1v) is 8.24. The number of carbonyl (C=O) groups is 3. The largest absolute Gasteiger partial charge is 0.508 e. The van der Waals surface area contributed by atoms with E-state index in [-0.39, 0.29) is 17.1 Å². The maximum absolute atomic E-state index is 12.7. The molecule has 0 aliphatic carbocycles. The fourth-order valence-electron chi connectivity index (χ4n) is 2.57. The molecule has 1 aliphatic rings. The molecule has 2 aromatic carbocycles. The summed E-state index contributed by atoms with van der Waals surface area (Å²) >= 11 is 0.